The predicted molar refractivity (Wildman–Crippen MR) is 56.2 cm³/mol. The van der Waals surface area contributed by atoms with Gasteiger partial charge in [0.25, 0.3) is 0 Å². The molecule has 2 N–H and O–H groups in total. The molecule has 15 heavy (non-hydrogen) atoms. The van der Waals surface area contributed by atoms with Gasteiger partial charge in [0.15, 0.2) is 0 Å². The summed E-state index contributed by atoms with van der Waals surface area (Å²) < 4.78 is 5.12. The Morgan fingerprint density at radius 1 is 1.67 bits per heavy atom. The Kier molecular flexibility index (Phi) is 4.90. The van der Waals surface area contributed by atoms with Crippen LogP contribution in [-0.2, 0) is 4.79 Å². The maximum atomic E-state index is 11.4. The number of carbonyl (C=O) groups excluding carboxylic acids is 1. The molecule has 1 unspecified atom stereocenters. The lowest BCUT2D eigenvalue weighted by atomic mass is 10.2. The summed E-state index contributed by atoms with van der Waals surface area (Å²) >= 11 is 0. The van der Waals surface area contributed by atoms with E-state index in [1.54, 1.807) is 12.1 Å². The molecular weight excluding hydrogens is 194 g/mol. The summed E-state index contributed by atoms with van der Waals surface area (Å²) in [7, 11) is 0. The highest BCUT2D eigenvalue weighted by Crippen LogP contribution is 2.12. The standard InChI is InChI=1S/C11H17NO3/c1-2-3-6-11(14)12-9(8-13)10-5-4-7-15-10/h4-5,7,9,13H,2-3,6,8H2,1H3,(H,12,14). The summed E-state index contributed by atoms with van der Waals surface area (Å²) in [6.07, 6.45) is 3.87. The number of furan rings is 1. The molecule has 1 heterocycles. The van der Waals surface area contributed by atoms with Crippen LogP contribution >= 0.6 is 0 Å². The Morgan fingerprint density at radius 3 is 3.00 bits per heavy atom. The topological polar surface area (TPSA) is 62.5 Å². The molecule has 0 bridgehead atoms. The number of amides is 1. The van der Waals surface area contributed by atoms with Gasteiger partial charge >= 0.3 is 0 Å². The average molecular weight is 211 g/mol. The van der Waals surface area contributed by atoms with Gasteiger partial charge in [-0.15, -0.1) is 0 Å². The minimum Gasteiger partial charge on any atom is -0.467 e. The molecule has 1 aromatic heterocycles. The number of hydrogen-bond acceptors (Lipinski definition) is 3. The smallest absolute Gasteiger partial charge is 0.220 e. The van der Waals surface area contributed by atoms with Crippen molar-refractivity contribution >= 4 is 5.91 Å². The van der Waals surface area contributed by atoms with Crippen molar-refractivity contribution in [1.82, 2.24) is 5.32 Å². The quantitative estimate of drug-likeness (QED) is 0.751. The molecule has 0 aromatic carbocycles. The molecule has 0 saturated heterocycles. The fourth-order valence-electron chi connectivity index (χ4n) is 1.30. The number of rotatable bonds is 6. The lowest BCUT2D eigenvalue weighted by Gasteiger charge is -2.13. The van der Waals surface area contributed by atoms with Crippen LogP contribution in [0.25, 0.3) is 0 Å². The number of aliphatic hydroxyl groups excluding tert-OH is 1. The van der Waals surface area contributed by atoms with Crippen LogP contribution in [0.1, 0.15) is 38.0 Å². The summed E-state index contributed by atoms with van der Waals surface area (Å²) in [5, 5.41) is 11.8. The SMILES string of the molecule is CCCCC(=O)NC(CO)c1ccco1. The van der Waals surface area contributed by atoms with Gasteiger partial charge in [-0.3, -0.25) is 4.79 Å². The van der Waals surface area contributed by atoms with E-state index < -0.39 is 6.04 Å². The zero-order valence-electron chi connectivity index (χ0n) is 8.90. The number of hydrogen-bond donors (Lipinski definition) is 2. The summed E-state index contributed by atoms with van der Waals surface area (Å²) in [5.41, 5.74) is 0. The second-order valence-electron chi connectivity index (χ2n) is 3.42. The van der Waals surface area contributed by atoms with Gasteiger partial charge in [-0.2, -0.15) is 0 Å². The van der Waals surface area contributed by atoms with Crippen LogP contribution in [0.15, 0.2) is 22.8 Å². The van der Waals surface area contributed by atoms with Crippen LogP contribution in [0.2, 0.25) is 0 Å². The molecule has 1 amide bonds. The van der Waals surface area contributed by atoms with Crippen LogP contribution in [0.5, 0.6) is 0 Å². The van der Waals surface area contributed by atoms with E-state index in [1.807, 2.05) is 6.92 Å². The van der Waals surface area contributed by atoms with Crippen LogP contribution in [0, 0.1) is 0 Å². The zero-order chi connectivity index (χ0) is 11.1. The van der Waals surface area contributed by atoms with Gasteiger partial charge < -0.3 is 14.8 Å². The van der Waals surface area contributed by atoms with Crippen molar-refractivity contribution in [2.45, 2.75) is 32.2 Å². The zero-order valence-corrected chi connectivity index (χ0v) is 8.90. The molecule has 0 aliphatic carbocycles. The lowest BCUT2D eigenvalue weighted by Crippen LogP contribution is -2.30. The van der Waals surface area contributed by atoms with Crippen molar-refractivity contribution in [2.75, 3.05) is 6.61 Å². The minimum absolute atomic E-state index is 0.0488. The van der Waals surface area contributed by atoms with Crippen LogP contribution in [0.3, 0.4) is 0 Å². The number of aliphatic hydroxyl groups is 1. The molecule has 4 nitrogen and oxygen atoms in total. The van der Waals surface area contributed by atoms with Crippen molar-refractivity contribution < 1.29 is 14.3 Å². The van der Waals surface area contributed by atoms with Crippen molar-refractivity contribution in [1.29, 1.82) is 0 Å². The van der Waals surface area contributed by atoms with E-state index in [4.69, 9.17) is 9.52 Å². The predicted octanol–water partition coefficient (Wildman–Crippen LogP) is 1.62. The summed E-state index contributed by atoms with van der Waals surface area (Å²) in [6, 6.07) is 3.04. The fraction of sp³-hybridized carbons (Fsp3) is 0.545. The van der Waals surface area contributed by atoms with Gasteiger partial charge in [0.2, 0.25) is 5.91 Å². The highest BCUT2D eigenvalue weighted by Gasteiger charge is 2.15. The first kappa shape index (κ1) is 11.8. The van der Waals surface area contributed by atoms with Crippen LogP contribution < -0.4 is 5.32 Å². The molecule has 1 rings (SSSR count). The van der Waals surface area contributed by atoms with Gasteiger partial charge in [0, 0.05) is 6.42 Å². The van der Waals surface area contributed by atoms with Crippen molar-refractivity contribution in [3.05, 3.63) is 24.2 Å². The molecule has 0 aliphatic rings. The van der Waals surface area contributed by atoms with E-state index in [-0.39, 0.29) is 12.5 Å². The molecule has 1 aromatic rings. The molecule has 0 saturated carbocycles. The lowest BCUT2D eigenvalue weighted by molar-refractivity contribution is -0.122. The highest BCUT2D eigenvalue weighted by molar-refractivity contribution is 5.76. The molecule has 84 valence electrons. The summed E-state index contributed by atoms with van der Waals surface area (Å²) in [6.45, 7) is 1.88. The van der Waals surface area contributed by atoms with Gasteiger partial charge in [-0.1, -0.05) is 13.3 Å². The van der Waals surface area contributed by atoms with Gasteiger partial charge in [-0.25, -0.2) is 0 Å². The molecule has 0 spiro atoms. The van der Waals surface area contributed by atoms with E-state index in [0.29, 0.717) is 12.2 Å². The van der Waals surface area contributed by atoms with Gasteiger partial charge in [-0.05, 0) is 18.6 Å². The van der Waals surface area contributed by atoms with E-state index in [1.165, 1.54) is 6.26 Å². The van der Waals surface area contributed by atoms with Crippen LogP contribution in [0.4, 0.5) is 0 Å². The van der Waals surface area contributed by atoms with Gasteiger partial charge in [0.05, 0.1) is 12.9 Å². The highest BCUT2D eigenvalue weighted by atomic mass is 16.3. The van der Waals surface area contributed by atoms with Crippen molar-refractivity contribution in [3.8, 4) is 0 Å². The molecule has 0 fully saturated rings. The largest absolute Gasteiger partial charge is 0.467 e. The van der Waals surface area contributed by atoms with Gasteiger partial charge in [0.1, 0.15) is 11.8 Å². The Morgan fingerprint density at radius 2 is 2.47 bits per heavy atom. The van der Waals surface area contributed by atoms with Crippen molar-refractivity contribution in [3.63, 3.8) is 0 Å². The summed E-state index contributed by atoms with van der Waals surface area (Å²) in [5.74, 6) is 0.537. The Bertz CT molecular complexity index is 282. The first-order chi connectivity index (χ1) is 7.27. The van der Waals surface area contributed by atoms with E-state index in [9.17, 15) is 4.79 Å². The minimum atomic E-state index is -0.427. The third-order valence-electron chi connectivity index (χ3n) is 2.16. The van der Waals surface area contributed by atoms with E-state index >= 15 is 0 Å². The second kappa shape index (κ2) is 6.24. The summed E-state index contributed by atoms with van der Waals surface area (Å²) in [4.78, 5) is 11.4. The molecule has 1 atom stereocenters. The fourth-order valence-corrected chi connectivity index (χ4v) is 1.30. The number of unbranched alkanes of at least 4 members (excludes halogenated alkanes) is 1. The molecule has 4 heteroatoms. The Labute approximate surface area is 89.3 Å². The second-order valence-corrected chi connectivity index (χ2v) is 3.42. The monoisotopic (exact) mass is 211 g/mol. The Balaban J connectivity index is 2.44. The number of nitrogens with one attached hydrogen (secondary N) is 1. The number of carbonyl (C=O) groups is 1. The third kappa shape index (κ3) is 3.75. The average Bonchev–Trinajstić information content (AvgIpc) is 2.76. The third-order valence-corrected chi connectivity index (χ3v) is 2.16. The van der Waals surface area contributed by atoms with E-state index in [0.717, 1.165) is 12.8 Å². The maximum Gasteiger partial charge on any atom is 0.220 e. The molecule has 0 radical (unpaired) electrons. The Hall–Kier alpha value is -1.29. The van der Waals surface area contributed by atoms with Crippen LogP contribution in [-0.4, -0.2) is 17.6 Å². The normalized spacial score (nSPS) is 12.4. The molecule has 0 aliphatic heterocycles. The van der Waals surface area contributed by atoms with E-state index in [2.05, 4.69) is 5.32 Å². The van der Waals surface area contributed by atoms with Crippen molar-refractivity contribution in [2.24, 2.45) is 0 Å². The first-order valence-corrected chi connectivity index (χ1v) is 5.21. The maximum absolute atomic E-state index is 11.4. The molecular formula is C11H17NO3. The first-order valence-electron chi connectivity index (χ1n) is 5.21.